The van der Waals surface area contributed by atoms with Crippen LogP contribution in [0.5, 0.6) is 5.75 Å². The smallest absolute Gasteiger partial charge is 0.118 e. The first kappa shape index (κ1) is 14.3. The number of rotatable bonds is 7. The van der Waals surface area contributed by atoms with Crippen LogP contribution in [0.4, 0.5) is 0 Å². The van der Waals surface area contributed by atoms with Crippen LogP contribution < -0.4 is 10.1 Å². The van der Waals surface area contributed by atoms with Gasteiger partial charge >= 0.3 is 0 Å². The molecule has 1 aromatic rings. The fraction of sp³-hybridized carbons (Fsp3) is 0.400. The van der Waals surface area contributed by atoms with Crippen molar-refractivity contribution >= 4 is 0 Å². The SMILES string of the molecule is C=CCNC(C)(C#N)CCc1ccc(OC)cc1. The molecule has 0 fully saturated rings. The number of aryl methyl sites for hydroxylation is 1. The van der Waals surface area contributed by atoms with Crippen LogP contribution in [0.2, 0.25) is 0 Å². The summed E-state index contributed by atoms with van der Waals surface area (Å²) in [5.41, 5.74) is 0.700. The molecule has 1 rings (SSSR count). The quantitative estimate of drug-likeness (QED) is 0.750. The van der Waals surface area contributed by atoms with Gasteiger partial charge in [-0.15, -0.1) is 6.58 Å². The third kappa shape index (κ3) is 4.23. The molecule has 0 heterocycles. The van der Waals surface area contributed by atoms with Crippen LogP contribution in [0.15, 0.2) is 36.9 Å². The molecule has 0 saturated heterocycles. The summed E-state index contributed by atoms with van der Waals surface area (Å²) >= 11 is 0. The van der Waals surface area contributed by atoms with Crippen LogP contribution in [-0.2, 0) is 6.42 Å². The second kappa shape index (κ2) is 6.83. The molecular formula is C15H20N2O. The summed E-state index contributed by atoms with van der Waals surface area (Å²) in [4.78, 5) is 0. The van der Waals surface area contributed by atoms with E-state index in [0.717, 1.165) is 18.6 Å². The fourth-order valence-electron chi connectivity index (χ4n) is 1.67. The van der Waals surface area contributed by atoms with E-state index in [-0.39, 0.29) is 0 Å². The number of hydrogen-bond donors (Lipinski definition) is 1. The van der Waals surface area contributed by atoms with E-state index in [4.69, 9.17) is 4.74 Å². The van der Waals surface area contributed by atoms with Gasteiger partial charge in [0.1, 0.15) is 11.3 Å². The Morgan fingerprint density at radius 1 is 1.44 bits per heavy atom. The molecule has 0 aromatic heterocycles. The Morgan fingerprint density at radius 3 is 2.61 bits per heavy atom. The highest BCUT2D eigenvalue weighted by atomic mass is 16.5. The van der Waals surface area contributed by atoms with Gasteiger partial charge in [0.15, 0.2) is 0 Å². The lowest BCUT2D eigenvalue weighted by atomic mass is 9.94. The zero-order valence-electron chi connectivity index (χ0n) is 11.1. The Morgan fingerprint density at radius 2 is 2.11 bits per heavy atom. The van der Waals surface area contributed by atoms with Crippen molar-refractivity contribution in [2.45, 2.75) is 25.3 Å². The first-order valence-corrected chi connectivity index (χ1v) is 6.03. The van der Waals surface area contributed by atoms with Crippen LogP contribution in [0, 0.1) is 11.3 Å². The standard InChI is InChI=1S/C15H20N2O/c1-4-11-17-15(2,12-16)10-9-13-5-7-14(18-3)8-6-13/h4-8,17H,1,9-11H2,2-3H3. The molecule has 96 valence electrons. The van der Waals surface area contributed by atoms with Gasteiger partial charge in [0.25, 0.3) is 0 Å². The zero-order valence-corrected chi connectivity index (χ0v) is 11.1. The summed E-state index contributed by atoms with van der Waals surface area (Å²) < 4.78 is 5.11. The average Bonchev–Trinajstić information content (AvgIpc) is 2.43. The van der Waals surface area contributed by atoms with Crippen LogP contribution >= 0.6 is 0 Å². The molecule has 1 atom stereocenters. The van der Waals surface area contributed by atoms with Gasteiger partial charge in [-0.1, -0.05) is 18.2 Å². The minimum atomic E-state index is -0.506. The molecule has 0 spiro atoms. The molecule has 0 bridgehead atoms. The first-order chi connectivity index (χ1) is 8.63. The average molecular weight is 244 g/mol. The number of methoxy groups -OCH3 is 1. The number of hydrogen-bond acceptors (Lipinski definition) is 3. The predicted octanol–water partition coefficient (Wildman–Crippen LogP) is 2.69. The van der Waals surface area contributed by atoms with Gasteiger partial charge in [-0.05, 0) is 37.5 Å². The molecule has 1 N–H and O–H groups in total. The summed E-state index contributed by atoms with van der Waals surface area (Å²) in [6.07, 6.45) is 3.39. The van der Waals surface area contributed by atoms with Crippen molar-refractivity contribution in [2.24, 2.45) is 0 Å². The Labute approximate surface area is 109 Å². The molecular weight excluding hydrogens is 224 g/mol. The Bertz CT molecular complexity index is 419. The molecule has 0 aliphatic carbocycles. The second-order valence-electron chi connectivity index (χ2n) is 4.46. The van der Waals surface area contributed by atoms with Crippen LogP contribution in [0.1, 0.15) is 18.9 Å². The molecule has 3 nitrogen and oxygen atoms in total. The maximum Gasteiger partial charge on any atom is 0.118 e. The number of nitrogens with one attached hydrogen (secondary N) is 1. The third-order valence-corrected chi connectivity index (χ3v) is 2.96. The number of nitriles is 1. The van der Waals surface area contributed by atoms with Crippen LogP contribution in [-0.4, -0.2) is 19.2 Å². The highest BCUT2D eigenvalue weighted by Crippen LogP contribution is 2.16. The molecule has 18 heavy (non-hydrogen) atoms. The molecule has 0 aliphatic rings. The van der Waals surface area contributed by atoms with Gasteiger partial charge in [-0.2, -0.15) is 5.26 Å². The Hall–Kier alpha value is -1.79. The number of nitrogens with zero attached hydrogens (tertiary/aromatic N) is 1. The van der Waals surface area contributed by atoms with Crippen molar-refractivity contribution in [3.05, 3.63) is 42.5 Å². The number of ether oxygens (including phenoxy) is 1. The maximum absolute atomic E-state index is 9.21. The van der Waals surface area contributed by atoms with E-state index in [2.05, 4.69) is 18.0 Å². The summed E-state index contributed by atoms with van der Waals surface area (Å²) in [5.74, 6) is 0.853. The topological polar surface area (TPSA) is 45.0 Å². The fourth-order valence-corrected chi connectivity index (χ4v) is 1.67. The Kier molecular flexibility index (Phi) is 5.41. The van der Waals surface area contributed by atoms with E-state index >= 15 is 0 Å². The van der Waals surface area contributed by atoms with Crippen molar-refractivity contribution in [1.29, 1.82) is 5.26 Å². The van der Waals surface area contributed by atoms with Crippen LogP contribution in [0.3, 0.4) is 0 Å². The van der Waals surface area contributed by atoms with E-state index in [1.165, 1.54) is 5.56 Å². The van der Waals surface area contributed by atoms with E-state index in [1.807, 2.05) is 31.2 Å². The lowest BCUT2D eigenvalue weighted by Gasteiger charge is -2.22. The van der Waals surface area contributed by atoms with Gasteiger partial charge < -0.3 is 4.74 Å². The van der Waals surface area contributed by atoms with Gasteiger partial charge in [-0.3, -0.25) is 5.32 Å². The van der Waals surface area contributed by atoms with Crippen molar-refractivity contribution in [2.75, 3.05) is 13.7 Å². The van der Waals surface area contributed by atoms with Crippen molar-refractivity contribution in [3.8, 4) is 11.8 Å². The monoisotopic (exact) mass is 244 g/mol. The first-order valence-electron chi connectivity index (χ1n) is 6.03. The number of benzene rings is 1. The normalized spacial score (nSPS) is 13.4. The molecule has 1 aromatic carbocycles. The van der Waals surface area contributed by atoms with Gasteiger partial charge in [-0.25, -0.2) is 0 Å². The van der Waals surface area contributed by atoms with E-state index in [9.17, 15) is 5.26 Å². The zero-order chi connectivity index (χ0) is 13.4. The van der Waals surface area contributed by atoms with Crippen molar-refractivity contribution in [1.82, 2.24) is 5.32 Å². The molecule has 0 aliphatic heterocycles. The maximum atomic E-state index is 9.21. The summed E-state index contributed by atoms with van der Waals surface area (Å²) in [7, 11) is 1.65. The van der Waals surface area contributed by atoms with Gasteiger partial charge in [0.05, 0.1) is 13.2 Å². The molecule has 0 saturated carbocycles. The lowest BCUT2D eigenvalue weighted by Crippen LogP contribution is -2.41. The molecule has 0 radical (unpaired) electrons. The highest BCUT2D eigenvalue weighted by molar-refractivity contribution is 5.27. The van der Waals surface area contributed by atoms with Crippen molar-refractivity contribution in [3.63, 3.8) is 0 Å². The molecule has 1 unspecified atom stereocenters. The summed E-state index contributed by atoms with van der Waals surface area (Å²) in [6.45, 7) is 6.21. The highest BCUT2D eigenvalue weighted by Gasteiger charge is 2.21. The van der Waals surface area contributed by atoms with Gasteiger partial charge in [0, 0.05) is 6.54 Å². The largest absolute Gasteiger partial charge is 0.497 e. The van der Waals surface area contributed by atoms with Crippen molar-refractivity contribution < 1.29 is 4.74 Å². The molecule has 3 heteroatoms. The lowest BCUT2D eigenvalue weighted by molar-refractivity contribution is 0.414. The van der Waals surface area contributed by atoms with Crippen LogP contribution in [0.25, 0.3) is 0 Å². The minimum absolute atomic E-state index is 0.506. The van der Waals surface area contributed by atoms with E-state index < -0.39 is 5.54 Å². The predicted molar refractivity (Wildman–Crippen MR) is 73.5 cm³/mol. The van der Waals surface area contributed by atoms with E-state index in [1.54, 1.807) is 13.2 Å². The summed E-state index contributed by atoms with van der Waals surface area (Å²) in [5, 5.41) is 12.4. The Balaban J connectivity index is 2.56. The molecule has 0 amide bonds. The summed E-state index contributed by atoms with van der Waals surface area (Å²) in [6, 6.07) is 10.3. The second-order valence-corrected chi connectivity index (χ2v) is 4.46. The minimum Gasteiger partial charge on any atom is -0.497 e. The third-order valence-electron chi connectivity index (χ3n) is 2.96. The van der Waals surface area contributed by atoms with Gasteiger partial charge in [0.2, 0.25) is 0 Å². The van der Waals surface area contributed by atoms with E-state index in [0.29, 0.717) is 6.54 Å².